The molecule has 0 amide bonds. The van der Waals surface area contributed by atoms with Gasteiger partial charge in [0.25, 0.3) is 0 Å². The van der Waals surface area contributed by atoms with Crippen LogP contribution in [0.2, 0.25) is 0 Å². The van der Waals surface area contributed by atoms with E-state index in [0.29, 0.717) is 11.7 Å². The van der Waals surface area contributed by atoms with Crippen LogP contribution < -0.4 is 5.32 Å². The molecule has 0 aliphatic carbocycles. The molecule has 0 bridgehead atoms. The van der Waals surface area contributed by atoms with E-state index in [4.69, 9.17) is 0 Å². The third kappa shape index (κ3) is 4.08. The summed E-state index contributed by atoms with van der Waals surface area (Å²) in [5.41, 5.74) is 3.61. The molecule has 1 atom stereocenters. The van der Waals surface area contributed by atoms with E-state index in [1.165, 1.54) is 11.1 Å². The zero-order valence-corrected chi connectivity index (χ0v) is 13.1. The minimum absolute atomic E-state index is 0.177. The van der Waals surface area contributed by atoms with Crippen molar-refractivity contribution in [3.05, 3.63) is 65.2 Å². The first kappa shape index (κ1) is 15.6. The minimum Gasteiger partial charge on any atom is -0.508 e. The lowest BCUT2D eigenvalue weighted by atomic mass is 10.0. The molecule has 2 aromatic rings. The number of phenolic OH excluding ortho intramolecular Hbond substituents is 1. The van der Waals surface area contributed by atoms with Crippen molar-refractivity contribution >= 4 is 0 Å². The molecule has 0 heterocycles. The van der Waals surface area contributed by atoms with Crippen LogP contribution in [-0.2, 0) is 6.54 Å². The molecule has 0 spiro atoms. The maximum Gasteiger partial charge on any atom is 0.120 e. The van der Waals surface area contributed by atoms with E-state index in [0.717, 1.165) is 18.5 Å². The van der Waals surface area contributed by atoms with Crippen LogP contribution in [0.1, 0.15) is 55.8 Å². The number of nitrogens with one attached hydrogen (secondary N) is 1. The predicted octanol–water partition coefficient (Wildman–Crippen LogP) is 4.76. The fraction of sp³-hybridized carbons (Fsp3) is 0.368. The number of rotatable bonds is 6. The minimum atomic E-state index is 0.177. The molecule has 0 aromatic heterocycles. The van der Waals surface area contributed by atoms with Crippen molar-refractivity contribution < 1.29 is 5.11 Å². The second-order valence-electron chi connectivity index (χ2n) is 5.80. The van der Waals surface area contributed by atoms with Gasteiger partial charge in [0.05, 0.1) is 0 Å². The quantitative estimate of drug-likeness (QED) is 0.801. The summed E-state index contributed by atoms with van der Waals surface area (Å²) < 4.78 is 0. The molecular formula is C19H25NO. The van der Waals surface area contributed by atoms with Gasteiger partial charge in [-0.25, -0.2) is 0 Å². The topological polar surface area (TPSA) is 32.3 Å². The van der Waals surface area contributed by atoms with Crippen LogP contribution in [0.15, 0.2) is 48.5 Å². The van der Waals surface area contributed by atoms with Gasteiger partial charge in [0.2, 0.25) is 0 Å². The van der Waals surface area contributed by atoms with Crippen LogP contribution >= 0.6 is 0 Å². The molecule has 0 aliphatic rings. The molecule has 2 nitrogen and oxygen atoms in total. The van der Waals surface area contributed by atoms with Gasteiger partial charge < -0.3 is 10.4 Å². The Hall–Kier alpha value is -1.80. The van der Waals surface area contributed by atoms with Crippen LogP contribution in [0.4, 0.5) is 0 Å². The summed E-state index contributed by atoms with van der Waals surface area (Å²) in [5.74, 6) is 0.934. The van der Waals surface area contributed by atoms with Crippen LogP contribution in [0.5, 0.6) is 5.75 Å². The SMILES string of the molecule is CCC(NCc1ccc(C(C)C)cc1)c1ccccc1O. The van der Waals surface area contributed by atoms with Crippen molar-refractivity contribution in [2.45, 2.75) is 45.7 Å². The zero-order chi connectivity index (χ0) is 15.2. The molecule has 2 N–H and O–H groups in total. The number of para-hydroxylation sites is 1. The molecule has 1 unspecified atom stereocenters. The second-order valence-corrected chi connectivity index (χ2v) is 5.80. The lowest BCUT2D eigenvalue weighted by molar-refractivity contribution is 0.441. The van der Waals surface area contributed by atoms with Crippen molar-refractivity contribution in [1.82, 2.24) is 5.32 Å². The molecule has 21 heavy (non-hydrogen) atoms. The molecular weight excluding hydrogens is 258 g/mol. The Morgan fingerprint density at radius 3 is 2.24 bits per heavy atom. The van der Waals surface area contributed by atoms with Crippen molar-refractivity contribution in [3.63, 3.8) is 0 Å². The first-order chi connectivity index (χ1) is 10.1. The highest BCUT2D eigenvalue weighted by Crippen LogP contribution is 2.26. The Labute approximate surface area is 127 Å². The monoisotopic (exact) mass is 283 g/mol. The van der Waals surface area contributed by atoms with Gasteiger partial charge in [-0.3, -0.25) is 0 Å². The van der Waals surface area contributed by atoms with Gasteiger partial charge in [0.1, 0.15) is 5.75 Å². The number of hydrogen-bond donors (Lipinski definition) is 2. The van der Waals surface area contributed by atoms with E-state index in [-0.39, 0.29) is 6.04 Å². The van der Waals surface area contributed by atoms with Crippen LogP contribution in [-0.4, -0.2) is 5.11 Å². The van der Waals surface area contributed by atoms with Crippen LogP contribution in [0, 0.1) is 0 Å². The molecule has 2 aromatic carbocycles. The van der Waals surface area contributed by atoms with Crippen molar-refractivity contribution in [1.29, 1.82) is 0 Å². The van der Waals surface area contributed by atoms with E-state index in [2.05, 4.69) is 50.4 Å². The second kappa shape index (κ2) is 7.28. The Bertz CT molecular complexity index is 560. The summed E-state index contributed by atoms with van der Waals surface area (Å²) in [6.07, 6.45) is 0.946. The third-order valence-electron chi connectivity index (χ3n) is 3.92. The molecule has 2 rings (SSSR count). The largest absolute Gasteiger partial charge is 0.508 e. The Morgan fingerprint density at radius 2 is 1.67 bits per heavy atom. The van der Waals surface area contributed by atoms with E-state index < -0.39 is 0 Å². The maximum atomic E-state index is 9.97. The summed E-state index contributed by atoms with van der Waals surface area (Å²) >= 11 is 0. The van der Waals surface area contributed by atoms with Gasteiger partial charge in [-0.1, -0.05) is 63.2 Å². The lowest BCUT2D eigenvalue weighted by Crippen LogP contribution is -2.20. The Balaban J connectivity index is 2.02. The lowest BCUT2D eigenvalue weighted by Gasteiger charge is -2.19. The summed E-state index contributed by atoms with van der Waals surface area (Å²) in [7, 11) is 0. The van der Waals surface area contributed by atoms with Crippen LogP contribution in [0.3, 0.4) is 0 Å². The summed E-state index contributed by atoms with van der Waals surface area (Å²) in [6.45, 7) is 7.36. The highest BCUT2D eigenvalue weighted by atomic mass is 16.3. The van der Waals surface area contributed by atoms with Gasteiger partial charge in [-0.05, 0) is 29.5 Å². The maximum absolute atomic E-state index is 9.97. The fourth-order valence-electron chi connectivity index (χ4n) is 2.52. The number of phenols is 1. The van der Waals surface area contributed by atoms with E-state index >= 15 is 0 Å². The van der Waals surface area contributed by atoms with E-state index in [1.807, 2.05) is 18.2 Å². The summed E-state index contributed by atoms with van der Waals surface area (Å²) in [4.78, 5) is 0. The Morgan fingerprint density at radius 1 is 1.00 bits per heavy atom. The summed E-state index contributed by atoms with van der Waals surface area (Å²) in [5, 5.41) is 13.5. The highest BCUT2D eigenvalue weighted by Gasteiger charge is 2.12. The highest BCUT2D eigenvalue weighted by molar-refractivity contribution is 5.34. The van der Waals surface area contributed by atoms with Crippen molar-refractivity contribution in [2.24, 2.45) is 0 Å². The van der Waals surface area contributed by atoms with Gasteiger partial charge in [-0.15, -0.1) is 0 Å². The smallest absolute Gasteiger partial charge is 0.120 e. The normalized spacial score (nSPS) is 12.6. The average Bonchev–Trinajstić information content (AvgIpc) is 2.50. The molecule has 112 valence electrons. The molecule has 0 aliphatic heterocycles. The standard InChI is InChI=1S/C19H25NO/c1-4-18(17-7-5-6-8-19(17)21)20-13-15-9-11-16(12-10-15)14(2)3/h5-12,14,18,20-21H,4,13H2,1-3H3. The number of hydrogen-bond acceptors (Lipinski definition) is 2. The van der Waals surface area contributed by atoms with Crippen molar-refractivity contribution in [2.75, 3.05) is 0 Å². The van der Waals surface area contributed by atoms with Crippen LogP contribution in [0.25, 0.3) is 0 Å². The van der Waals surface area contributed by atoms with Crippen molar-refractivity contribution in [3.8, 4) is 5.75 Å². The van der Waals surface area contributed by atoms with E-state index in [9.17, 15) is 5.11 Å². The molecule has 0 saturated heterocycles. The van der Waals surface area contributed by atoms with Gasteiger partial charge in [0.15, 0.2) is 0 Å². The summed E-state index contributed by atoms with van der Waals surface area (Å²) in [6, 6.07) is 16.5. The van der Waals surface area contributed by atoms with Gasteiger partial charge in [-0.2, -0.15) is 0 Å². The Kier molecular flexibility index (Phi) is 5.40. The number of aromatic hydroxyl groups is 1. The van der Waals surface area contributed by atoms with Gasteiger partial charge in [0, 0.05) is 18.2 Å². The number of benzene rings is 2. The molecule has 0 radical (unpaired) electrons. The first-order valence-corrected chi connectivity index (χ1v) is 7.72. The zero-order valence-electron chi connectivity index (χ0n) is 13.1. The molecule has 2 heteroatoms. The molecule has 0 saturated carbocycles. The molecule has 0 fully saturated rings. The predicted molar refractivity (Wildman–Crippen MR) is 88.5 cm³/mol. The van der Waals surface area contributed by atoms with Gasteiger partial charge >= 0.3 is 0 Å². The first-order valence-electron chi connectivity index (χ1n) is 7.72. The average molecular weight is 283 g/mol. The van der Waals surface area contributed by atoms with E-state index in [1.54, 1.807) is 6.07 Å². The third-order valence-corrected chi connectivity index (χ3v) is 3.92. The fourth-order valence-corrected chi connectivity index (χ4v) is 2.52.